The van der Waals surface area contributed by atoms with E-state index in [0.717, 1.165) is 12.8 Å². The van der Waals surface area contributed by atoms with Gasteiger partial charge in [0.05, 0.1) is 0 Å². The van der Waals surface area contributed by atoms with Crippen molar-refractivity contribution < 1.29 is 48.9 Å². The van der Waals surface area contributed by atoms with Crippen molar-refractivity contribution in [3.8, 4) is 0 Å². The van der Waals surface area contributed by atoms with E-state index in [-0.39, 0.29) is 48.9 Å². The van der Waals surface area contributed by atoms with Crippen LogP contribution in [0.15, 0.2) is 0 Å². The maximum absolute atomic E-state index is 3.68. The van der Waals surface area contributed by atoms with E-state index in [2.05, 4.69) is 55.4 Å². The van der Waals surface area contributed by atoms with Crippen LogP contribution in [0, 0.1) is 41.5 Å². The summed E-state index contributed by atoms with van der Waals surface area (Å²) in [7, 11) is 0. The molecule has 0 aromatic carbocycles. The summed E-state index contributed by atoms with van der Waals surface area (Å²) in [6.45, 7) is 31.7. The first-order valence-electron chi connectivity index (χ1n) is 7.24. The summed E-state index contributed by atoms with van der Waals surface area (Å²) in [4.78, 5) is 0. The second-order valence-electron chi connectivity index (χ2n) is 2.41. The van der Waals surface area contributed by atoms with Crippen LogP contribution in [0.1, 0.15) is 80.1 Å². The van der Waals surface area contributed by atoms with Gasteiger partial charge < -0.3 is 47.0 Å². The Hall–Kier alpha value is 1.39. The van der Waals surface area contributed by atoms with Crippen molar-refractivity contribution in [3.63, 3.8) is 0 Å². The van der Waals surface area contributed by atoms with Gasteiger partial charge in [-0.05, 0) is 0 Å². The maximum atomic E-state index is 3.68. The number of rotatable bonds is 4. The van der Waals surface area contributed by atoms with Gasteiger partial charge in [-0.15, -0.1) is 0 Å². The first kappa shape index (κ1) is 57.1. The van der Waals surface area contributed by atoms with Gasteiger partial charge in [0.25, 0.3) is 0 Å². The zero-order valence-electron chi connectivity index (χ0n) is 16.0. The van der Waals surface area contributed by atoms with Gasteiger partial charge in [-0.3, -0.25) is 0 Å². The average molecular weight is 372 g/mol. The predicted molar refractivity (Wildman–Crippen MR) is 97.5 cm³/mol. The van der Waals surface area contributed by atoms with Crippen LogP contribution in [0.4, 0.5) is 0 Å². The van der Waals surface area contributed by atoms with Crippen LogP contribution in [-0.4, -0.2) is 5.48 Å². The summed E-state index contributed by atoms with van der Waals surface area (Å²) >= 11 is 0. The molecule has 0 spiro atoms. The monoisotopic (exact) mass is 372 g/mol. The fourth-order valence-corrected chi connectivity index (χ4v) is 0.500. The topological polar surface area (TPSA) is 31.5 Å². The van der Waals surface area contributed by atoms with Crippen LogP contribution in [0.3, 0.4) is 0 Å². The standard InChI is InChI=1S/2C5H11.4C2H5.H2O.2Ti/c2*1-3-5-4-2;4*1-2;;;/h2*1,3-5H2,2H3;4*1H2,2H3;1H2;;/q6*-1;;2*+3. The Bertz CT molecular complexity index is 36.2. The predicted octanol–water partition coefficient (Wildman–Crippen LogP) is 6.55. The molecule has 0 saturated heterocycles. The molecule has 0 atom stereocenters. The van der Waals surface area contributed by atoms with E-state index in [0.29, 0.717) is 0 Å². The molecule has 0 aliphatic rings. The van der Waals surface area contributed by atoms with E-state index < -0.39 is 0 Å². The van der Waals surface area contributed by atoms with E-state index in [1.165, 1.54) is 25.7 Å². The van der Waals surface area contributed by atoms with Gasteiger partial charge in [-0.1, -0.05) is 39.5 Å². The SMILES string of the molecule is O.[CH2-]C.[CH2-]C.[CH2-]C.[CH2-]C.[CH2-]CCCC.[CH2-]CCCC.[Ti+3].[Ti+3]. The molecule has 130 valence electrons. The molecule has 0 bridgehead atoms. The molecule has 0 unspecified atom stereocenters. The molecule has 0 fully saturated rings. The Morgan fingerprint density at radius 1 is 0.524 bits per heavy atom. The molecule has 3 heteroatoms. The van der Waals surface area contributed by atoms with Crippen molar-refractivity contribution >= 4 is 0 Å². The van der Waals surface area contributed by atoms with Crippen molar-refractivity contribution in [2.24, 2.45) is 0 Å². The normalized spacial score (nSPS) is 5.14. The third-order valence-electron chi connectivity index (χ3n) is 1.21. The molecule has 0 aromatic heterocycles. The Kier molecular flexibility index (Phi) is 443. The number of unbranched alkanes of at least 4 members (excludes halogenated alkanes) is 4. The Morgan fingerprint density at radius 2 is 0.667 bits per heavy atom. The third-order valence-corrected chi connectivity index (χ3v) is 1.21. The third kappa shape index (κ3) is 277. The Balaban J connectivity index is -0.0000000122. The largest absolute Gasteiger partial charge is 3.00 e. The van der Waals surface area contributed by atoms with E-state index in [1.54, 1.807) is 27.7 Å². The van der Waals surface area contributed by atoms with Crippen molar-refractivity contribution in [2.45, 2.75) is 80.1 Å². The quantitative estimate of drug-likeness (QED) is 0.396. The molecule has 0 aliphatic heterocycles. The van der Waals surface area contributed by atoms with Gasteiger partial charge in [0.15, 0.2) is 0 Å². The number of hydrogen-bond donors (Lipinski definition) is 0. The summed E-state index contributed by atoms with van der Waals surface area (Å²) in [5.74, 6) is 0. The molecule has 0 saturated carbocycles. The first-order chi connectivity index (χ1) is 8.83. The molecule has 0 aromatic rings. The molecule has 0 aliphatic carbocycles. The van der Waals surface area contributed by atoms with Gasteiger partial charge >= 0.3 is 43.4 Å². The summed E-state index contributed by atoms with van der Waals surface area (Å²) in [5, 5.41) is 0. The van der Waals surface area contributed by atoms with E-state index in [1.807, 2.05) is 0 Å². The van der Waals surface area contributed by atoms with Gasteiger partial charge in [-0.2, -0.15) is 40.5 Å². The summed E-state index contributed by atoms with van der Waals surface area (Å²) in [6, 6.07) is 0. The summed E-state index contributed by atoms with van der Waals surface area (Å²) in [5.41, 5.74) is 0. The van der Waals surface area contributed by atoms with Gasteiger partial charge in [0.2, 0.25) is 0 Å². The zero-order chi connectivity index (χ0) is 16.2. The number of hydrogen-bond acceptors (Lipinski definition) is 0. The maximum Gasteiger partial charge on any atom is 3.00 e. The van der Waals surface area contributed by atoms with Crippen molar-refractivity contribution in [2.75, 3.05) is 0 Å². The van der Waals surface area contributed by atoms with Gasteiger partial charge in [-0.25, -0.2) is 0 Å². The van der Waals surface area contributed by atoms with Crippen LogP contribution in [0.5, 0.6) is 0 Å². The minimum Gasteiger partial charge on any atom is -0.412 e. The second kappa shape index (κ2) is 163. The Labute approximate surface area is 169 Å². The minimum atomic E-state index is 0. The second-order valence-corrected chi connectivity index (χ2v) is 2.41. The van der Waals surface area contributed by atoms with Crippen LogP contribution in [-0.2, 0) is 43.4 Å². The fourth-order valence-electron chi connectivity index (χ4n) is 0.500. The van der Waals surface area contributed by atoms with Crippen molar-refractivity contribution in [3.05, 3.63) is 41.5 Å². The van der Waals surface area contributed by atoms with Gasteiger partial charge in [0, 0.05) is 0 Å². The van der Waals surface area contributed by atoms with E-state index >= 15 is 0 Å². The Morgan fingerprint density at radius 3 is 0.667 bits per heavy atom. The molecule has 0 heterocycles. The van der Waals surface area contributed by atoms with Crippen LogP contribution in [0.25, 0.3) is 0 Å². The first-order valence-corrected chi connectivity index (χ1v) is 7.24. The molecule has 0 amide bonds. The molecular formula is C18H44OTi2. The minimum absolute atomic E-state index is 0. The summed E-state index contributed by atoms with van der Waals surface area (Å²) < 4.78 is 0. The molecule has 2 N–H and O–H groups in total. The zero-order valence-corrected chi connectivity index (χ0v) is 19.1. The summed E-state index contributed by atoms with van der Waals surface area (Å²) in [6.07, 6.45) is 7.31. The average Bonchev–Trinajstić information content (AvgIpc) is 2.50. The van der Waals surface area contributed by atoms with E-state index in [9.17, 15) is 0 Å². The van der Waals surface area contributed by atoms with Crippen LogP contribution < -0.4 is 0 Å². The fraction of sp³-hybridized carbons (Fsp3) is 0.667. The smallest absolute Gasteiger partial charge is 0.412 e. The van der Waals surface area contributed by atoms with Crippen molar-refractivity contribution in [1.82, 2.24) is 0 Å². The van der Waals surface area contributed by atoms with Gasteiger partial charge in [0.1, 0.15) is 0 Å². The molecule has 1 nitrogen and oxygen atoms in total. The molecule has 0 rings (SSSR count). The molecule has 21 heavy (non-hydrogen) atoms. The van der Waals surface area contributed by atoms with Crippen LogP contribution in [0.2, 0.25) is 0 Å². The van der Waals surface area contributed by atoms with Crippen molar-refractivity contribution in [1.29, 1.82) is 0 Å². The van der Waals surface area contributed by atoms with Crippen LogP contribution >= 0.6 is 0 Å². The van der Waals surface area contributed by atoms with E-state index in [4.69, 9.17) is 0 Å². The molecular weight excluding hydrogens is 328 g/mol. The molecule has 2 radical (unpaired) electrons.